The zero-order valence-corrected chi connectivity index (χ0v) is 13.3. The molecule has 4 heteroatoms. The molecule has 3 rings (SSSR count). The van der Waals surface area contributed by atoms with E-state index in [0.29, 0.717) is 12.5 Å². The van der Waals surface area contributed by atoms with Crippen LogP contribution >= 0.6 is 0 Å². The second-order valence-electron chi connectivity index (χ2n) is 5.55. The number of hydrogen-bond donors (Lipinski definition) is 3. The zero-order valence-electron chi connectivity index (χ0n) is 13.3. The summed E-state index contributed by atoms with van der Waals surface area (Å²) < 4.78 is 0. The first-order valence-electron chi connectivity index (χ1n) is 7.97. The van der Waals surface area contributed by atoms with E-state index in [4.69, 9.17) is 5.73 Å². The predicted octanol–water partition coefficient (Wildman–Crippen LogP) is 3.70. The van der Waals surface area contributed by atoms with Gasteiger partial charge in [-0.05, 0) is 42.2 Å². The van der Waals surface area contributed by atoms with E-state index >= 15 is 0 Å². The number of benzene rings is 2. The van der Waals surface area contributed by atoms with E-state index in [9.17, 15) is 0 Å². The molecule has 23 heavy (non-hydrogen) atoms. The molecule has 4 N–H and O–H groups in total. The van der Waals surface area contributed by atoms with Crippen LogP contribution < -0.4 is 11.1 Å². The Morgan fingerprint density at radius 2 is 1.91 bits per heavy atom. The number of aryl methyl sites for hydroxylation is 1. The fourth-order valence-electron chi connectivity index (χ4n) is 2.65. The van der Waals surface area contributed by atoms with E-state index in [0.717, 1.165) is 24.0 Å². The fraction of sp³-hybridized carbons (Fsp3) is 0.211. The molecule has 0 spiro atoms. The summed E-state index contributed by atoms with van der Waals surface area (Å²) in [5.41, 5.74) is 10.7. The molecule has 0 unspecified atom stereocenters. The molecule has 0 atom stereocenters. The average Bonchev–Trinajstić information content (AvgIpc) is 2.99. The molecule has 3 aromatic rings. The maximum atomic E-state index is 5.96. The van der Waals surface area contributed by atoms with Gasteiger partial charge in [0.25, 0.3) is 0 Å². The van der Waals surface area contributed by atoms with Crippen LogP contribution in [0.25, 0.3) is 10.9 Å². The van der Waals surface area contributed by atoms with Gasteiger partial charge in [0, 0.05) is 29.3 Å². The SMILES string of the molecule is CCc1ccc(NC(N)=NCCc2c[nH]c3ccccc23)cc1. The van der Waals surface area contributed by atoms with Crippen LogP contribution in [0.15, 0.2) is 59.7 Å². The first-order valence-corrected chi connectivity index (χ1v) is 7.97. The fourth-order valence-corrected chi connectivity index (χ4v) is 2.65. The van der Waals surface area contributed by atoms with Crippen molar-refractivity contribution in [2.24, 2.45) is 10.7 Å². The summed E-state index contributed by atoms with van der Waals surface area (Å²) in [7, 11) is 0. The summed E-state index contributed by atoms with van der Waals surface area (Å²) in [5, 5.41) is 4.38. The molecular weight excluding hydrogens is 284 g/mol. The first kappa shape index (κ1) is 15.2. The monoisotopic (exact) mass is 306 g/mol. The molecule has 1 heterocycles. The first-order chi connectivity index (χ1) is 11.3. The van der Waals surface area contributed by atoms with Gasteiger partial charge in [-0.15, -0.1) is 0 Å². The molecule has 0 saturated carbocycles. The molecule has 0 fully saturated rings. The number of guanidine groups is 1. The summed E-state index contributed by atoms with van der Waals surface area (Å²) in [6.07, 6.45) is 3.95. The lowest BCUT2D eigenvalue weighted by Crippen LogP contribution is -2.23. The predicted molar refractivity (Wildman–Crippen MR) is 97.9 cm³/mol. The normalized spacial score (nSPS) is 11.8. The van der Waals surface area contributed by atoms with E-state index < -0.39 is 0 Å². The third-order valence-corrected chi connectivity index (χ3v) is 3.97. The lowest BCUT2D eigenvalue weighted by Gasteiger charge is -2.06. The average molecular weight is 306 g/mol. The van der Waals surface area contributed by atoms with Crippen molar-refractivity contribution in [2.45, 2.75) is 19.8 Å². The topological polar surface area (TPSA) is 66.2 Å². The molecule has 118 valence electrons. The molecule has 0 aliphatic heterocycles. The number of rotatable bonds is 5. The largest absolute Gasteiger partial charge is 0.370 e. The van der Waals surface area contributed by atoms with Crippen molar-refractivity contribution in [1.82, 2.24) is 4.98 Å². The van der Waals surface area contributed by atoms with E-state index in [-0.39, 0.29) is 0 Å². The van der Waals surface area contributed by atoms with E-state index in [1.807, 2.05) is 24.4 Å². The van der Waals surface area contributed by atoms with Crippen molar-refractivity contribution in [3.8, 4) is 0 Å². The molecule has 0 bridgehead atoms. The highest BCUT2D eigenvalue weighted by Gasteiger charge is 2.02. The Hall–Kier alpha value is -2.75. The van der Waals surface area contributed by atoms with Crippen molar-refractivity contribution in [3.63, 3.8) is 0 Å². The Balaban J connectivity index is 1.58. The Bertz CT molecular complexity index is 800. The number of nitrogens with two attached hydrogens (primary N) is 1. The third-order valence-electron chi connectivity index (χ3n) is 3.97. The van der Waals surface area contributed by atoms with Crippen molar-refractivity contribution in [3.05, 3.63) is 65.9 Å². The van der Waals surface area contributed by atoms with Crippen LogP contribution in [0.2, 0.25) is 0 Å². The summed E-state index contributed by atoms with van der Waals surface area (Å²) >= 11 is 0. The molecule has 1 aromatic heterocycles. The Kier molecular flexibility index (Phi) is 4.62. The maximum Gasteiger partial charge on any atom is 0.193 e. The van der Waals surface area contributed by atoms with Gasteiger partial charge >= 0.3 is 0 Å². The van der Waals surface area contributed by atoms with Gasteiger partial charge in [0.15, 0.2) is 5.96 Å². The number of fused-ring (bicyclic) bond motifs is 1. The Labute approximate surface area is 136 Å². The van der Waals surface area contributed by atoms with Crippen LogP contribution in [0, 0.1) is 0 Å². The van der Waals surface area contributed by atoms with Crippen LogP contribution in [0.5, 0.6) is 0 Å². The number of para-hydroxylation sites is 1. The highest BCUT2D eigenvalue weighted by atomic mass is 15.1. The molecule has 4 nitrogen and oxygen atoms in total. The smallest absolute Gasteiger partial charge is 0.193 e. The molecule has 0 amide bonds. The number of anilines is 1. The van der Waals surface area contributed by atoms with Crippen LogP contribution in [-0.4, -0.2) is 17.5 Å². The molecule has 0 radical (unpaired) electrons. The van der Waals surface area contributed by atoms with Crippen LogP contribution in [0.1, 0.15) is 18.1 Å². The molecule has 0 saturated heterocycles. The lowest BCUT2D eigenvalue weighted by molar-refractivity contribution is 0.972. The van der Waals surface area contributed by atoms with Crippen molar-refractivity contribution in [2.75, 3.05) is 11.9 Å². The third kappa shape index (κ3) is 3.72. The van der Waals surface area contributed by atoms with Crippen molar-refractivity contribution in [1.29, 1.82) is 0 Å². The number of aliphatic imine (C=N–C) groups is 1. The second kappa shape index (κ2) is 7.01. The van der Waals surface area contributed by atoms with Crippen LogP contribution in [-0.2, 0) is 12.8 Å². The van der Waals surface area contributed by atoms with E-state index in [1.165, 1.54) is 16.5 Å². The van der Waals surface area contributed by atoms with E-state index in [1.54, 1.807) is 0 Å². The summed E-state index contributed by atoms with van der Waals surface area (Å²) in [4.78, 5) is 7.69. The summed E-state index contributed by atoms with van der Waals surface area (Å²) in [6, 6.07) is 16.6. The van der Waals surface area contributed by atoms with Gasteiger partial charge in [0.05, 0.1) is 0 Å². The van der Waals surface area contributed by atoms with Gasteiger partial charge in [-0.1, -0.05) is 37.3 Å². The zero-order chi connectivity index (χ0) is 16.1. The van der Waals surface area contributed by atoms with Gasteiger partial charge in [-0.3, -0.25) is 4.99 Å². The number of aromatic nitrogens is 1. The summed E-state index contributed by atoms with van der Waals surface area (Å²) in [6.45, 7) is 2.80. The van der Waals surface area contributed by atoms with Crippen molar-refractivity contribution >= 4 is 22.5 Å². The number of H-pyrrole nitrogens is 1. The minimum absolute atomic E-state index is 0.453. The number of aromatic amines is 1. The molecule has 0 aliphatic rings. The number of nitrogens with zero attached hydrogens (tertiary/aromatic N) is 1. The maximum absolute atomic E-state index is 5.96. The molecular formula is C19H22N4. The lowest BCUT2D eigenvalue weighted by atomic mass is 10.1. The minimum Gasteiger partial charge on any atom is -0.370 e. The minimum atomic E-state index is 0.453. The van der Waals surface area contributed by atoms with Crippen LogP contribution in [0.4, 0.5) is 5.69 Å². The number of hydrogen-bond acceptors (Lipinski definition) is 1. The highest BCUT2D eigenvalue weighted by Crippen LogP contribution is 2.18. The second-order valence-corrected chi connectivity index (χ2v) is 5.55. The van der Waals surface area contributed by atoms with Crippen LogP contribution in [0.3, 0.4) is 0 Å². The molecule has 0 aliphatic carbocycles. The van der Waals surface area contributed by atoms with Gasteiger partial charge in [0.1, 0.15) is 0 Å². The van der Waals surface area contributed by atoms with Crippen molar-refractivity contribution < 1.29 is 0 Å². The molecule has 2 aromatic carbocycles. The van der Waals surface area contributed by atoms with Gasteiger partial charge in [-0.25, -0.2) is 0 Å². The summed E-state index contributed by atoms with van der Waals surface area (Å²) in [5.74, 6) is 0.453. The Morgan fingerprint density at radius 3 is 2.70 bits per heavy atom. The Morgan fingerprint density at radius 1 is 1.13 bits per heavy atom. The highest BCUT2D eigenvalue weighted by molar-refractivity contribution is 5.92. The number of nitrogens with one attached hydrogen (secondary N) is 2. The standard InChI is InChI=1S/C19H22N4/c1-2-14-7-9-16(10-8-14)23-19(20)21-12-11-15-13-22-18-6-4-3-5-17(15)18/h3-10,13,22H,2,11-12H2,1H3,(H3,20,21,23). The van der Waals surface area contributed by atoms with Gasteiger partial charge in [-0.2, -0.15) is 0 Å². The van der Waals surface area contributed by atoms with Gasteiger partial charge < -0.3 is 16.0 Å². The quantitative estimate of drug-likeness (QED) is 0.497. The van der Waals surface area contributed by atoms with E-state index in [2.05, 4.69) is 52.5 Å². The van der Waals surface area contributed by atoms with Gasteiger partial charge in [0.2, 0.25) is 0 Å².